The Labute approximate surface area is 99.2 Å². The second-order valence-corrected chi connectivity index (χ2v) is 4.15. The van der Waals surface area contributed by atoms with E-state index in [0.717, 1.165) is 18.2 Å². The van der Waals surface area contributed by atoms with Gasteiger partial charge in [-0.3, -0.25) is 4.79 Å². The third-order valence-corrected chi connectivity index (χ3v) is 2.12. The summed E-state index contributed by atoms with van der Waals surface area (Å²) in [5, 5.41) is 5.31. The first-order valence-electron chi connectivity index (χ1n) is 5.42. The molecule has 94 valence electrons. The van der Waals surface area contributed by atoms with E-state index < -0.39 is 17.7 Å². The van der Waals surface area contributed by atoms with Gasteiger partial charge in [0, 0.05) is 6.04 Å². The predicted molar refractivity (Wildman–Crippen MR) is 62.7 cm³/mol. The third-order valence-electron chi connectivity index (χ3n) is 2.12. The SMILES string of the molecule is CC(C)NC(=O)C(C)Nc1cc(F)ccc1F. The third kappa shape index (κ3) is 4.01. The fraction of sp³-hybridized carbons (Fsp3) is 0.417. The van der Waals surface area contributed by atoms with Crippen LogP contribution in [0.2, 0.25) is 0 Å². The van der Waals surface area contributed by atoms with Crippen molar-refractivity contribution in [3.63, 3.8) is 0 Å². The maximum atomic E-state index is 13.3. The van der Waals surface area contributed by atoms with Gasteiger partial charge in [-0.15, -0.1) is 0 Å². The molecule has 0 heterocycles. The monoisotopic (exact) mass is 242 g/mol. The zero-order chi connectivity index (χ0) is 13.0. The van der Waals surface area contributed by atoms with Crippen molar-refractivity contribution in [3.8, 4) is 0 Å². The summed E-state index contributed by atoms with van der Waals surface area (Å²) in [5.74, 6) is -1.40. The van der Waals surface area contributed by atoms with Crippen molar-refractivity contribution in [2.24, 2.45) is 0 Å². The van der Waals surface area contributed by atoms with E-state index in [1.54, 1.807) is 6.92 Å². The lowest BCUT2D eigenvalue weighted by Gasteiger charge is -2.17. The van der Waals surface area contributed by atoms with E-state index in [1.165, 1.54) is 0 Å². The zero-order valence-electron chi connectivity index (χ0n) is 10.1. The highest BCUT2D eigenvalue weighted by molar-refractivity contribution is 5.84. The molecule has 5 heteroatoms. The Morgan fingerprint density at radius 2 is 1.88 bits per heavy atom. The number of anilines is 1. The Morgan fingerprint density at radius 3 is 2.47 bits per heavy atom. The fourth-order valence-corrected chi connectivity index (χ4v) is 1.32. The number of amides is 1. The molecule has 0 radical (unpaired) electrons. The van der Waals surface area contributed by atoms with Crippen molar-refractivity contribution >= 4 is 11.6 Å². The molecular formula is C12H16F2N2O. The minimum absolute atomic E-state index is 0.00380. The van der Waals surface area contributed by atoms with E-state index in [4.69, 9.17) is 0 Å². The van der Waals surface area contributed by atoms with E-state index in [0.29, 0.717) is 0 Å². The molecule has 1 rings (SSSR count). The summed E-state index contributed by atoms with van der Waals surface area (Å²) < 4.78 is 26.2. The Balaban J connectivity index is 2.70. The molecule has 1 aromatic rings. The normalized spacial score (nSPS) is 12.4. The Morgan fingerprint density at radius 1 is 1.24 bits per heavy atom. The number of rotatable bonds is 4. The van der Waals surface area contributed by atoms with Crippen molar-refractivity contribution in [1.82, 2.24) is 5.32 Å². The molecule has 0 saturated heterocycles. The largest absolute Gasteiger partial charge is 0.371 e. The quantitative estimate of drug-likeness (QED) is 0.850. The Bertz CT molecular complexity index is 407. The van der Waals surface area contributed by atoms with E-state index in [9.17, 15) is 13.6 Å². The van der Waals surface area contributed by atoms with E-state index in [-0.39, 0.29) is 17.6 Å². The molecule has 1 unspecified atom stereocenters. The van der Waals surface area contributed by atoms with Gasteiger partial charge in [0.05, 0.1) is 5.69 Å². The molecule has 0 aliphatic rings. The molecule has 0 fully saturated rings. The van der Waals surface area contributed by atoms with Gasteiger partial charge >= 0.3 is 0 Å². The molecule has 0 saturated carbocycles. The van der Waals surface area contributed by atoms with Crippen LogP contribution in [0, 0.1) is 11.6 Å². The molecule has 0 aromatic heterocycles. The lowest BCUT2D eigenvalue weighted by atomic mass is 10.2. The lowest BCUT2D eigenvalue weighted by molar-refractivity contribution is -0.122. The molecule has 0 spiro atoms. The molecule has 1 aromatic carbocycles. The van der Waals surface area contributed by atoms with Gasteiger partial charge in [-0.05, 0) is 39.0 Å². The van der Waals surface area contributed by atoms with Gasteiger partial charge in [0.25, 0.3) is 0 Å². The Hall–Kier alpha value is -1.65. The average molecular weight is 242 g/mol. The van der Waals surface area contributed by atoms with Crippen LogP contribution in [0.3, 0.4) is 0 Å². The van der Waals surface area contributed by atoms with Gasteiger partial charge in [0.1, 0.15) is 17.7 Å². The smallest absolute Gasteiger partial charge is 0.242 e. The van der Waals surface area contributed by atoms with Crippen LogP contribution in [0.25, 0.3) is 0 Å². The van der Waals surface area contributed by atoms with Gasteiger partial charge in [-0.1, -0.05) is 0 Å². The van der Waals surface area contributed by atoms with Crippen LogP contribution < -0.4 is 10.6 Å². The summed E-state index contributed by atoms with van der Waals surface area (Å²) >= 11 is 0. The van der Waals surface area contributed by atoms with Crippen molar-refractivity contribution in [3.05, 3.63) is 29.8 Å². The summed E-state index contributed by atoms with van der Waals surface area (Å²) in [7, 11) is 0. The number of hydrogen-bond acceptors (Lipinski definition) is 2. The van der Waals surface area contributed by atoms with Crippen LogP contribution in [0.1, 0.15) is 20.8 Å². The summed E-state index contributed by atoms with van der Waals surface area (Å²) in [4.78, 5) is 11.6. The summed E-state index contributed by atoms with van der Waals surface area (Å²) in [6, 6.07) is 2.44. The van der Waals surface area contributed by atoms with Crippen molar-refractivity contribution in [1.29, 1.82) is 0 Å². The maximum absolute atomic E-state index is 13.3. The number of nitrogens with one attached hydrogen (secondary N) is 2. The number of halogens is 2. The Kier molecular flexibility index (Phi) is 4.43. The van der Waals surface area contributed by atoms with Gasteiger partial charge < -0.3 is 10.6 Å². The zero-order valence-corrected chi connectivity index (χ0v) is 10.1. The van der Waals surface area contributed by atoms with Crippen LogP contribution >= 0.6 is 0 Å². The van der Waals surface area contributed by atoms with Crippen LogP contribution in [0.5, 0.6) is 0 Å². The minimum atomic E-state index is -0.631. The van der Waals surface area contributed by atoms with E-state index in [2.05, 4.69) is 10.6 Å². The lowest BCUT2D eigenvalue weighted by Crippen LogP contribution is -2.41. The van der Waals surface area contributed by atoms with Crippen molar-refractivity contribution in [2.45, 2.75) is 32.9 Å². The number of benzene rings is 1. The topological polar surface area (TPSA) is 41.1 Å². The van der Waals surface area contributed by atoms with Crippen LogP contribution in [0.15, 0.2) is 18.2 Å². The molecule has 1 amide bonds. The average Bonchev–Trinajstić information content (AvgIpc) is 2.22. The molecule has 0 aliphatic carbocycles. The second-order valence-electron chi connectivity index (χ2n) is 4.15. The van der Waals surface area contributed by atoms with Gasteiger partial charge in [0.2, 0.25) is 5.91 Å². The van der Waals surface area contributed by atoms with Crippen LogP contribution in [0.4, 0.5) is 14.5 Å². The molecule has 0 bridgehead atoms. The molecular weight excluding hydrogens is 226 g/mol. The summed E-state index contributed by atoms with van der Waals surface area (Å²) in [5.41, 5.74) is -0.0172. The molecule has 2 N–H and O–H groups in total. The van der Waals surface area contributed by atoms with Crippen LogP contribution in [-0.4, -0.2) is 18.0 Å². The molecule has 0 aliphatic heterocycles. The van der Waals surface area contributed by atoms with Crippen molar-refractivity contribution < 1.29 is 13.6 Å². The highest BCUT2D eigenvalue weighted by atomic mass is 19.1. The van der Waals surface area contributed by atoms with E-state index in [1.807, 2.05) is 13.8 Å². The van der Waals surface area contributed by atoms with Gasteiger partial charge in [0.15, 0.2) is 0 Å². The summed E-state index contributed by atoms with van der Waals surface area (Å²) in [6.45, 7) is 5.24. The van der Waals surface area contributed by atoms with E-state index >= 15 is 0 Å². The highest BCUT2D eigenvalue weighted by Crippen LogP contribution is 2.16. The molecule has 17 heavy (non-hydrogen) atoms. The first-order valence-corrected chi connectivity index (χ1v) is 5.42. The van der Waals surface area contributed by atoms with Gasteiger partial charge in [-0.2, -0.15) is 0 Å². The minimum Gasteiger partial charge on any atom is -0.371 e. The number of hydrogen-bond donors (Lipinski definition) is 2. The number of carbonyl (C=O) groups is 1. The fourth-order valence-electron chi connectivity index (χ4n) is 1.32. The summed E-state index contributed by atoms with van der Waals surface area (Å²) in [6.07, 6.45) is 0. The van der Waals surface area contributed by atoms with Crippen molar-refractivity contribution in [2.75, 3.05) is 5.32 Å². The number of carbonyl (C=O) groups excluding carboxylic acids is 1. The highest BCUT2D eigenvalue weighted by Gasteiger charge is 2.15. The van der Waals surface area contributed by atoms with Gasteiger partial charge in [-0.25, -0.2) is 8.78 Å². The molecule has 1 atom stereocenters. The first kappa shape index (κ1) is 13.4. The maximum Gasteiger partial charge on any atom is 0.242 e. The second kappa shape index (κ2) is 5.61. The predicted octanol–water partition coefficient (Wildman–Crippen LogP) is 2.29. The molecule has 3 nitrogen and oxygen atoms in total. The standard InChI is InChI=1S/C12H16F2N2O/c1-7(2)15-12(17)8(3)16-11-6-9(13)4-5-10(11)14/h4-8,16H,1-3H3,(H,15,17). The van der Waals surface area contributed by atoms with Crippen LogP contribution in [-0.2, 0) is 4.79 Å². The first-order chi connectivity index (χ1) is 7.90.